The van der Waals surface area contributed by atoms with Gasteiger partial charge in [-0.3, -0.25) is 0 Å². The molecule has 2 N–H and O–H groups in total. The van der Waals surface area contributed by atoms with Crippen LogP contribution < -0.4 is 10.0 Å². The molecule has 1 aromatic rings. The minimum absolute atomic E-state index is 0.126. The van der Waals surface area contributed by atoms with E-state index in [-0.39, 0.29) is 12.1 Å². The highest BCUT2D eigenvalue weighted by Gasteiger charge is 2.24. The van der Waals surface area contributed by atoms with Crippen LogP contribution in [0.5, 0.6) is 0 Å². The minimum Gasteiger partial charge on any atom is -0.380 e. The van der Waals surface area contributed by atoms with Crippen LogP contribution in [0.4, 0.5) is 0 Å². The summed E-state index contributed by atoms with van der Waals surface area (Å²) < 4.78 is 35.0. The lowest BCUT2D eigenvalue weighted by Crippen LogP contribution is -2.40. The Kier molecular flexibility index (Phi) is 5.43. The predicted molar refractivity (Wildman–Crippen MR) is 81.7 cm³/mol. The SMILES string of the molecule is CNCc1cc(S(=O)(=O)NC2CCCOC2)cn1C(C)C. The molecule has 0 amide bonds. The Morgan fingerprint density at radius 3 is 2.81 bits per heavy atom. The van der Waals surface area contributed by atoms with Crippen LogP contribution in [0.2, 0.25) is 0 Å². The average molecular weight is 315 g/mol. The molecule has 1 aliphatic heterocycles. The third-order valence-electron chi connectivity index (χ3n) is 3.61. The van der Waals surface area contributed by atoms with Crippen LogP contribution in [0.3, 0.4) is 0 Å². The molecule has 2 rings (SSSR count). The summed E-state index contributed by atoms with van der Waals surface area (Å²) in [7, 11) is -1.64. The molecular formula is C14H25N3O3S. The summed E-state index contributed by atoms with van der Waals surface area (Å²) in [5, 5.41) is 3.07. The molecule has 6 nitrogen and oxygen atoms in total. The molecule has 0 radical (unpaired) electrons. The van der Waals surface area contributed by atoms with Crippen molar-refractivity contribution < 1.29 is 13.2 Å². The van der Waals surface area contributed by atoms with Gasteiger partial charge in [-0.2, -0.15) is 0 Å². The quantitative estimate of drug-likeness (QED) is 0.828. The Morgan fingerprint density at radius 2 is 2.24 bits per heavy atom. The van der Waals surface area contributed by atoms with Crippen LogP contribution in [0, 0.1) is 0 Å². The number of ether oxygens (including phenoxy) is 1. The highest BCUT2D eigenvalue weighted by Crippen LogP contribution is 2.20. The Hall–Kier alpha value is -0.890. The number of nitrogens with zero attached hydrogens (tertiary/aromatic N) is 1. The van der Waals surface area contributed by atoms with E-state index < -0.39 is 10.0 Å². The van der Waals surface area contributed by atoms with Crippen LogP contribution in [-0.4, -0.2) is 39.3 Å². The normalized spacial score (nSPS) is 20.1. The van der Waals surface area contributed by atoms with Crippen molar-refractivity contribution in [2.45, 2.75) is 50.2 Å². The second kappa shape index (κ2) is 6.91. The largest absolute Gasteiger partial charge is 0.380 e. The van der Waals surface area contributed by atoms with Gasteiger partial charge in [0.15, 0.2) is 0 Å². The fraction of sp³-hybridized carbons (Fsp3) is 0.714. The molecule has 0 bridgehead atoms. The first-order valence-electron chi connectivity index (χ1n) is 7.39. The zero-order valence-corrected chi connectivity index (χ0v) is 13.7. The summed E-state index contributed by atoms with van der Waals surface area (Å²) in [6.45, 7) is 5.89. The lowest BCUT2D eigenvalue weighted by Gasteiger charge is -2.22. The van der Waals surface area contributed by atoms with E-state index in [0.717, 1.165) is 18.5 Å². The Balaban J connectivity index is 2.20. The second-order valence-electron chi connectivity index (χ2n) is 5.73. The summed E-state index contributed by atoms with van der Waals surface area (Å²) in [4.78, 5) is 0.326. The molecule has 0 aromatic carbocycles. The molecule has 2 heterocycles. The molecule has 1 fully saturated rings. The van der Waals surface area contributed by atoms with Gasteiger partial charge in [0, 0.05) is 37.1 Å². The summed E-state index contributed by atoms with van der Waals surface area (Å²) in [6.07, 6.45) is 3.43. The molecule has 7 heteroatoms. The third-order valence-corrected chi connectivity index (χ3v) is 5.10. The number of sulfonamides is 1. The van der Waals surface area contributed by atoms with Crippen LogP contribution in [0.25, 0.3) is 0 Å². The van der Waals surface area contributed by atoms with Gasteiger partial charge in [0.2, 0.25) is 10.0 Å². The fourth-order valence-electron chi connectivity index (χ4n) is 2.57. The standard InChI is InChI=1S/C14H25N3O3S/c1-11(2)17-9-14(7-13(17)8-15-3)21(18,19)16-12-5-4-6-20-10-12/h7,9,11-12,15-16H,4-6,8,10H2,1-3H3. The first-order chi connectivity index (χ1) is 9.94. The van der Waals surface area contributed by atoms with Crippen molar-refractivity contribution >= 4 is 10.0 Å². The van der Waals surface area contributed by atoms with E-state index in [0.29, 0.717) is 24.7 Å². The molecule has 1 aromatic heterocycles. The van der Waals surface area contributed by atoms with Gasteiger partial charge in [-0.1, -0.05) is 0 Å². The van der Waals surface area contributed by atoms with E-state index in [1.54, 1.807) is 12.3 Å². The lowest BCUT2D eigenvalue weighted by atomic mass is 10.1. The van der Waals surface area contributed by atoms with Gasteiger partial charge >= 0.3 is 0 Å². The van der Waals surface area contributed by atoms with Crippen molar-refractivity contribution in [3.63, 3.8) is 0 Å². The summed E-state index contributed by atoms with van der Waals surface area (Å²) in [5.41, 5.74) is 0.966. The molecule has 1 aliphatic rings. The highest BCUT2D eigenvalue weighted by molar-refractivity contribution is 7.89. The maximum atomic E-state index is 12.5. The molecule has 0 spiro atoms. The highest BCUT2D eigenvalue weighted by atomic mass is 32.2. The topological polar surface area (TPSA) is 72.4 Å². The van der Waals surface area contributed by atoms with Gasteiger partial charge in [0.05, 0.1) is 11.5 Å². The number of aromatic nitrogens is 1. The number of rotatable bonds is 6. The smallest absolute Gasteiger partial charge is 0.242 e. The number of hydrogen-bond acceptors (Lipinski definition) is 4. The van der Waals surface area contributed by atoms with Crippen LogP contribution in [0.15, 0.2) is 17.2 Å². The summed E-state index contributed by atoms with van der Waals surface area (Å²) in [5.74, 6) is 0. The summed E-state index contributed by atoms with van der Waals surface area (Å²) in [6, 6.07) is 1.83. The third kappa shape index (κ3) is 4.06. The van der Waals surface area contributed by atoms with E-state index in [1.807, 2.05) is 25.5 Å². The maximum absolute atomic E-state index is 12.5. The zero-order chi connectivity index (χ0) is 15.5. The monoisotopic (exact) mass is 315 g/mol. The molecule has 0 saturated carbocycles. The van der Waals surface area contributed by atoms with Gasteiger partial charge < -0.3 is 14.6 Å². The van der Waals surface area contributed by atoms with E-state index in [4.69, 9.17) is 4.74 Å². The first kappa shape index (κ1) is 16.5. The van der Waals surface area contributed by atoms with Gasteiger partial charge in [0.25, 0.3) is 0 Å². The Bertz CT molecular complexity index is 560. The van der Waals surface area contributed by atoms with Gasteiger partial charge in [0.1, 0.15) is 0 Å². The molecule has 0 aliphatic carbocycles. The number of hydrogen-bond donors (Lipinski definition) is 2. The Labute approximate surface area is 126 Å². The molecule has 1 unspecified atom stereocenters. The van der Waals surface area contributed by atoms with Gasteiger partial charge in [-0.05, 0) is 39.8 Å². The van der Waals surface area contributed by atoms with E-state index in [1.165, 1.54) is 0 Å². The van der Waals surface area contributed by atoms with Crippen molar-refractivity contribution in [1.29, 1.82) is 0 Å². The molecule has 1 saturated heterocycles. The second-order valence-corrected chi connectivity index (χ2v) is 7.45. The first-order valence-corrected chi connectivity index (χ1v) is 8.88. The van der Waals surface area contributed by atoms with Crippen LogP contribution in [0.1, 0.15) is 38.4 Å². The van der Waals surface area contributed by atoms with Crippen LogP contribution in [-0.2, 0) is 21.3 Å². The molecular weight excluding hydrogens is 290 g/mol. The molecule has 1 atom stereocenters. The average Bonchev–Trinajstić information content (AvgIpc) is 2.85. The minimum atomic E-state index is -3.49. The maximum Gasteiger partial charge on any atom is 0.242 e. The number of nitrogens with one attached hydrogen (secondary N) is 2. The molecule has 21 heavy (non-hydrogen) atoms. The lowest BCUT2D eigenvalue weighted by molar-refractivity contribution is 0.0774. The predicted octanol–water partition coefficient (Wildman–Crippen LogP) is 1.25. The van der Waals surface area contributed by atoms with E-state index in [9.17, 15) is 8.42 Å². The van der Waals surface area contributed by atoms with Gasteiger partial charge in [-0.15, -0.1) is 0 Å². The molecule has 120 valence electrons. The van der Waals surface area contributed by atoms with E-state index in [2.05, 4.69) is 10.0 Å². The van der Waals surface area contributed by atoms with E-state index >= 15 is 0 Å². The zero-order valence-electron chi connectivity index (χ0n) is 12.9. The van der Waals surface area contributed by atoms with Gasteiger partial charge in [-0.25, -0.2) is 13.1 Å². The van der Waals surface area contributed by atoms with Crippen molar-refractivity contribution in [1.82, 2.24) is 14.6 Å². The Morgan fingerprint density at radius 1 is 1.48 bits per heavy atom. The van der Waals surface area contributed by atoms with Crippen LogP contribution >= 0.6 is 0 Å². The van der Waals surface area contributed by atoms with Crippen molar-refractivity contribution in [2.24, 2.45) is 0 Å². The van der Waals surface area contributed by atoms with Crippen molar-refractivity contribution in [3.05, 3.63) is 18.0 Å². The fourth-order valence-corrected chi connectivity index (χ4v) is 3.87. The summed E-state index contributed by atoms with van der Waals surface area (Å²) >= 11 is 0. The van der Waals surface area contributed by atoms with Crippen molar-refractivity contribution in [3.8, 4) is 0 Å². The van der Waals surface area contributed by atoms with Crippen molar-refractivity contribution in [2.75, 3.05) is 20.3 Å².